The van der Waals surface area contributed by atoms with Crippen LogP contribution in [-0.2, 0) is 10.0 Å². The van der Waals surface area contributed by atoms with Crippen LogP contribution in [0.1, 0.15) is 0 Å². The van der Waals surface area contributed by atoms with E-state index in [2.05, 4.69) is 19.7 Å². The summed E-state index contributed by atoms with van der Waals surface area (Å²) in [6.45, 7) is -2.97. The summed E-state index contributed by atoms with van der Waals surface area (Å²) < 4.78 is 54.1. The molecule has 0 spiro atoms. The van der Waals surface area contributed by atoms with Crippen molar-refractivity contribution in [2.75, 3.05) is 4.72 Å². The topological polar surface area (TPSA) is 84.1 Å². The first-order chi connectivity index (χ1) is 8.97. The molecular weight excluding hydrogens is 280 g/mol. The highest BCUT2D eigenvalue weighted by atomic mass is 32.2. The number of hydrogen-bond donors (Lipinski definition) is 2. The van der Waals surface area contributed by atoms with E-state index >= 15 is 0 Å². The number of ether oxygens (including phenoxy) is 1. The lowest BCUT2D eigenvalue weighted by Crippen LogP contribution is -2.13. The van der Waals surface area contributed by atoms with Gasteiger partial charge in [-0.25, -0.2) is 0 Å². The average molecular weight is 289 g/mol. The van der Waals surface area contributed by atoms with E-state index in [-0.39, 0.29) is 16.5 Å². The van der Waals surface area contributed by atoms with Gasteiger partial charge in [0.1, 0.15) is 5.75 Å². The monoisotopic (exact) mass is 289 g/mol. The Hall–Kier alpha value is -2.16. The highest BCUT2D eigenvalue weighted by Crippen LogP contribution is 2.21. The number of sulfonamides is 1. The first-order valence-corrected chi connectivity index (χ1v) is 6.53. The fourth-order valence-electron chi connectivity index (χ4n) is 1.34. The highest BCUT2D eigenvalue weighted by Gasteiger charge is 2.16. The van der Waals surface area contributed by atoms with Crippen LogP contribution < -0.4 is 9.46 Å². The minimum atomic E-state index is -3.83. The van der Waals surface area contributed by atoms with Crippen molar-refractivity contribution < 1.29 is 21.9 Å². The molecule has 0 aliphatic heterocycles. The van der Waals surface area contributed by atoms with Gasteiger partial charge < -0.3 is 4.74 Å². The van der Waals surface area contributed by atoms with Gasteiger partial charge in [-0.15, -0.1) is 0 Å². The molecule has 1 heterocycles. The molecule has 0 amide bonds. The standard InChI is InChI=1S/C10H9F2N3O3S/c11-10(12)18-8-3-1-2-7(6-8)15-19(16,17)9-4-5-13-14-9/h1-6,10,15H,(H,13,14). The largest absolute Gasteiger partial charge is 0.435 e. The number of anilines is 1. The number of benzene rings is 1. The molecule has 102 valence electrons. The van der Waals surface area contributed by atoms with E-state index in [1.54, 1.807) is 0 Å². The Kier molecular flexibility index (Phi) is 3.65. The molecule has 0 aliphatic rings. The quantitative estimate of drug-likeness (QED) is 0.879. The maximum Gasteiger partial charge on any atom is 0.387 e. The number of nitrogens with zero attached hydrogens (tertiary/aromatic N) is 1. The molecule has 2 N–H and O–H groups in total. The number of aromatic nitrogens is 2. The van der Waals surface area contributed by atoms with Crippen molar-refractivity contribution in [3.63, 3.8) is 0 Å². The Labute approximate surface area is 107 Å². The fraction of sp³-hybridized carbons (Fsp3) is 0.100. The summed E-state index contributed by atoms with van der Waals surface area (Å²) in [5.41, 5.74) is 0.104. The Morgan fingerprint density at radius 1 is 1.32 bits per heavy atom. The van der Waals surface area contributed by atoms with E-state index in [1.165, 1.54) is 30.5 Å². The lowest BCUT2D eigenvalue weighted by Gasteiger charge is -2.08. The van der Waals surface area contributed by atoms with E-state index in [1.807, 2.05) is 0 Å². The predicted molar refractivity (Wildman–Crippen MR) is 62.5 cm³/mol. The van der Waals surface area contributed by atoms with Crippen LogP contribution in [0.5, 0.6) is 5.75 Å². The van der Waals surface area contributed by atoms with Crippen LogP contribution in [0.2, 0.25) is 0 Å². The second-order valence-electron chi connectivity index (χ2n) is 3.43. The van der Waals surface area contributed by atoms with Crippen molar-refractivity contribution in [2.24, 2.45) is 0 Å². The van der Waals surface area contributed by atoms with Gasteiger partial charge in [-0.1, -0.05) is 6.07 Å². The number of rotatable bonds is 5. The van der Waals surface area contributed by atoms with Crippen LogP contribution in [0.25, 0.3) is 0 Å². The molecule has 0 bridgehead atoms. The van der Waals surface area contributed by atoms with Gasteiger partial charge in [0.05, 0.1) is 11.9 Å². The minimum Gasteiger partial charge on any atom is -0.435 e. The zero-order valence-electron chi connectivity index (χ0n) is 9.38. The van der Waals surface area contributed by atoms with Crippen molar-refractivity contribution in [3.8, 4) is 5.75 Å². The predicted octanol–water partition coefficient (Wildman–Crippen LogP) is 1.81. The maximum absolute atomic E-state index is 12.0. The molecule has 0 radical (unpaired) electrons. The molecule has 0 saturated heterocycles. The molecule has 2 aromatic rings. The molecule has 0 aliphatic carbocycles. The molecule has 2 rings (SSSR count). The lowest BCUT2D eigenvalue weighted by molar-refractivity contribution is -0.0497. The molecule has 1 aromatic carbocycles. The summed E-state index contributed by atoms with van der Waals surface area (Å²) in [7, 11) is -3.83. The van der Waals surface area contributed by atoms with Gasteiger partial charge in [-0.3, -0.25) is 9.82 Å². The van der Waals surface area contributed by atoms with Gasteiger partial charge in [0.2, 0.25) is 0 Å². The first-order valence-electron chi connectivity index (χ1n) is 5.04. The van der Waals surface area contributed by atoms with Gasteiger partial charge in [-0.2, -0.15) is 22.3 Å². The number of alkyl halides is 2. The Bertz CT molecular complexity index is 644. The molecule has 9 heteroatoms. The van der Waals surface area contributed by atoms with Crippen LogP contribution in [-0.4, -0.2) is 25.2 Å². The molecule has 1 aromatic heterocycles. The Morgan fingerprint density at radius 3 is 2.74 bits per heavy atom. The molecule has 0 saturated carbocycles. The molecule has 19 heavy (non-hydrogen) atoms. The zero-order valence-corrected chi connectivity index (χ0v) is 10.2. The SMILES string of the molecule is O=S(=O)(Nc1cccc(OC(F)F)c1)c1ccn[nH]1. The minimum absolute atomic E-state index is 0.104. The number of halogens is 2. The van der Waals surface area contributed by atoms with Crippen LogP contribution in [0.4, 0.5) is 14.5 Å². The average Bonchev–Trinajstić information content (AvgIpc) is 2.81. The van der Waals surface area contributed by atoms with Crippen LogP contribution in [0, 0.1) is 0 Å². The Balaban J connectivity index is 2.20. The van der Waals surface area contributed by atoms with E-state index in [0.29, 0.717) is 0 Å². The second-order valence-corrected chi connectivity index (χ2v) is 5.08. The second kappa shape index (κ2) is 5.22. The number of H-pyrrole nitrogens is 1. The van der Waals surface area contributed by atoms with Gasteiger partial charge in [0, 0.05) is 6.07 Å². The molecular formula is C10H9F2N3O3S. The summed E-state index contributed by atoms with van der Waals surface area (Å²) in [6.07, 6.45) is 1.28. The third-order valence-electron chi connectivity index (χ3n) is 2.08. The molecule has 6 nitrogen and oxygen atoms in total. The summed E-state index contributed by atoms with van der Waals surface area (Å²) in [5.74, 6) is -0.139. The van der Waals surface area contributed by atoms with Crippen molar-refractivity contribution in [1.29, 1.82) is 0 Å². The van der Waals surface area contributed by atoms with Crippen LogP contribution >= 0.6 is 0 Å². The van der Waals surface area contributed by atoms with E-state index in [9.17, 15) is 17.2 Å². The summed E-state index contributed by atoms with van der Waals surface area (Å²) in [4.78, 5) is 0. The van der Waals surface area contributed by atoms with Crippen LogP contribution in [0.3, 0.4) is 0 Å². The van der Waals surface area contributed by atoms with E-state index in [4.69, 9.17) is 0 Å². The molecule has 0 atom stereocenters. The smallest absolute Gasteiger partial charge is 0.387 e. The van der Waals surface area contributed by atoms with Gasteiger partial charge >= 0.3 is 6.61 Å². The molecule has 0 fully saturated rings. The van der Waals surface area contributed by atoms with Gasteiger partial charge in [0.15, 0.2) is 5.03 Å². The van der Waals surface area contributed by atoms with Gasteiger partial charge in [-0.05, 0) is 18.2 Å². The van der Waals surface area contributed by atoms with Crippen molar-refractivity contribution in [1.82, 2.24) is 10.2 Å². The zero-order chi connectivity index (χ0) is 13.9. The normalized spacial score (nSPS) is 11.5. The summed E-state index contributed by atoms with van der Waals surface area (Å²) >= 11 is 0. The first kappa shape index (κ1) is 13.3. The number of hydrogen-bond acceptors (Lipinski definition) is 4. The van der Waals surface area contributed by atoms with E-state index < -0.39 is 16.6 Å². The summed E-state index contributed by atoms with van der Waals surface area (Å²) in [6, 6.07) is 6.51. The highest BCUT2D eigenvalue weighted by molar-refractivity contribution is 7.92. The fourth-order valence-corrected chi connectivity index (χ4v) is 2.30. The molecule has 0 unspecified atom stereocenters. The lowest BCUT2D eigenvalue weighted by atomic mass is 10.3. The van der Waals surface area contributed by atoms with E-state index in [0.717, 1.165) is 6.07 Å². The number of aromatic amines is 1. The van der Waals surface area contributed by atoms with Crippen LogP contribution in [0.15, 0.2) is 41.6 Å². The van der Waals surface area contributed by atoms with Crippen molar-refractivity contribution in [2.45, 2.75) is 11.6 Å². The maximum atomic E-state index is 12.0. The summed E-state index contributed by atoms with van der Waals surface area (Å²) in [5, 5.41) is 5.68. The third-order valence-corrected chi connectivity index (χ3v) is 3.39. The van der Waals surface area contributed by atoms with Crippen molar-refractivity contribution >= 4 is 15.7 Å². The van der Waals surface area contributed by atoms with Crippen molar-refractivity contribution in [3.05, 3.63) is 36.5 Å². The van der Waals surface area contributed by atoms with Gasteiger partial charge in [0.25, 0.3) is 10.0 Å². The third kappa shape index (κ3) is 3.41. The Morgan fingerprint density at radius 2 is 2.11 bits per heavy atom. The number of nitrogens with one attached hydrogen (secondary N) is 2.